The molecule has 1 N–H and O–H groups in total. The van der Waals surface area contributed by atoms with Gasteiger partial charge in [-0.1, -0.05) is 45.0 Å². The predicted octanol–water partition coefficient (Wildman–Crippen LogP) is 5.15. The average Bonchev–Trinajstić information content (AvgIpc) is 2.95. The van der Waals surface area contributed by atoms with E-state index in [1.165, 1.54) is 0 Å². The molecule has 0 radical (unpaired) electrons. The third-order valence-corrected chi connectivity index (χ3v) is 5.53. The fourth-order valence-corrected chi connectivity index (χ4v) is 4.32. The Kier molecular flexibility index (Phi) is 5.61. The zero-order chi connectivity index (χ0) is 19.6. The summed E-state index contributed by atoms with van der Waals surface area (Å²) in [6.45, 7) is 8.17. The van der Waals surface area contributed by atoms with Crippen molar-refractivity contribution in [3.8, 4) is 0 Å². The first-order valence-corrected chi connectivity index (χ1v) is 10.2. The summed E-state index contributed by atoms with van der Waals surface area (Å²) in [5.74, 6) is 0.614. The quantitative estimate of drug-likeness (QED) is 0.796. The lowest BCUT2D eigenvalue weighted by molar-refractivity contribution is -0.118. The lowest BCUT2D eigenvalue weighted by atomic mass is 9.92. The molecule has 142 valence electrons. The number of aryl methyl sites for hydroxylation is 1. The first kappa shape index (κ1) is 19.5. The summed E-state index contributed by atoms with van der Waals surface area (Å²) in [6.07, 6.45) is 0.475. The minimum absolute atomic E-state index is 0.0158. The number of hydrogen-bond donors (Lipinski definition) is 1. The Morgan fingerprint density at radius 2 is 1.89 bits per heavy atom. The van der Waals surface area contributed by atoms with Gasteiger partial charge in [0.1, 0.15) is 5.37 Å². The molecule has 0 saturated carbocycles. The molecule has 1 aliphatic rings. The molecular formula is C22H26N2O2S. The first-order chi connectivity index (χ1) is 12.7. The molecule has 0 bridgehead atoms. The minimum atomic E-state index is -0.0429. The Morgan fingerprint density at radius 3 is 2.52 bits per heavy atom. The number of thioether (sulfide) groups is 1. The molecule has 1 saturated heterocycles. The summed E-state index contributed by atoms with van der Waals surface area (Å²) < 4.78 is 0. The van der Waals surface area contributed by atoms with Crippen molar-refractivity contribution >= 4 is 35.0 Å². The number of nitrogens with one attached hydrogen (secondary N) is 1. The van der Waals surface area contributed by atoms with Gasteiger partial charge in [0.15, 0.2) is 0 Å². The topological polar surface area (TPSA) is 49.4 Å². The highest BCUT2D eigenvalue weighted by molar-refractivity contribution is 8.00. The molecule has 3 rings (SSSR count). The average molecular weight is 383 g/mol. The van der Waals surface area contributed by atoms with E-state index in [1.54, 1.807) is 11.8 Å². The van der Waals surface area contributed by atoms with Crippen LogP contribution in [0, 0.1) is 12.3 Å². The summed E-state index contributed by atoms with van der Waals surface area (Å²) in [4.78, 5) is 26.4. The van der Waals surface area contributed by atoms with Crippen LogP contribution in [-0.4, -0.2) is 17.6 Å². The van der Waals surface area contributed by atoms with Gasteiger partial charge in [-0.2, -0.15) is 0 Å². The van der Waals surface area contributed by atoms with E-state index in [2.05, 4.69) is 5.32 Å². The molecule has 2 aromatic rings. The zero-order valence-electron chi connectivity index (χ0n) is 16.3. The van der Waals surface area contributed by atoms with Crippen LogP contribution in [0.25, 0.3) is 0 Å². The lowest BCUT2D eigenvalue weighted by Crippen LogP contribution is -2.27. The van der Waals surface area contributed by atoms with Crippen molar-refractivity contribution in [2.75, 3.05) is 16.0 Å². The maximum absolute atomic E-state index is 12.5. The Hall–Kier alpha value is -2.27. The Bertz CT molecular complexity index is 840. The molecule has 0 aliphatic carbocycles. The molecule has 1 aliphatic heterocycles. The molecule has 0 aromatic heterocycles. The predicted molar refractivity (Wildman–Crippen MR) is 113 cm³/mol. The monoisotopic (exact) mass is 382 g/mol. The van der Waals surface area contributed by atoms with Crippen molar-refractivity contribution in [1.29, 1.82) is 0 Å². The van der Waals surface area contributed by atoms with Gasteiger partial charge >= 0.3 is 0 Å². The number of benzene rings is 2. The standard InChI is InChI=1S/C22H26N2O2S/c1-15-6-5-7-18(12-15)24-20(26)14-27-21(24)16-8-10-17(11-9-16)23-19(25)13-22(2,3)4/h5-12,21H,13-14H2,1-4H3,(H,23,25)/t21-/m0/s1. The van der Waals surface area contributed by atoms with Crippen molar-refractivity contribution in [2.45, 2.75) is 39.5 Å². The second kappa shape index (κ2) is 7.77. The molecule has 1 heterocycles. The number of anilines is 2. The van der Waals surface area contributed by atoms with Gasteiger partial charge in [0.25, 0.3) is 0 Å². The second-order valence-electron chi connectivity index (χ2n) is 8.17. The van der Waals surface area contributed by atoms with Gasteiger partial charge in [-0.25, -0.2) is 0 Å². The molecule has 4 nitrogen and oxygen atoms in total. The number of hydrogen-bond acceptors (Lipinski definition) is 3. The molecule has 5 heteroatoms. The van der Waals surface area contributed by atoms with Gasteiger partial charge < -0.3 is 5.32 Å². The minimum Gasteiger partial charge on any atom is -0.326 e. The van der Waals surface area contributed by atoms with Crippen LogP contribution < -0.4 is 10.2 Å². The van der Waals surface area contributed by atoms with Gasteiger partial charge in [-0.3, -0.25) is 14.5 Å². The third-order valence-electron chi connectivity index (χ3n) is 4.32. The van der Waals surface area contributed by atoms with Crippen LogP contribution in [0.3, 0.4) is 0 Å². The van der Waals surface area contributed by atoms with Crippen molar-refractivity contribution < 1.29 is 9.59 Å². The van der Waals surface area contributed by atoms with Crippen LogP contribution in [0.15, 0.2) is 48.5 Å². The maximum Gasteiger partial charge on any atom is 0.238 e. The van der Waals surface area contributed by atoms with Gasteiger partial charge in [0.2, 0.25) is 11.8 Å². The maximum atomic E-state index is 12.5. The molecule has 0 spiro atoms. The molecule has 2 amide bonds. The molecule has 27 heavy (non-hydrogen) atoms. The largest absolute Gasteiger partial charge is 0.326 e. The van der Waals surface area contributed by atoms with E-state index in [1.807, 2.05) is 81.1 Å². The van der Waals surface area contributed by atoms with Gasteiger partial charge in [-0.15, -0.1) is 11.8 Å². The third kappa shape index (κ3) is 4.92. The molecule has 0 unspecified atom stereocenters. The number of amides is 2. The number of carbonyl (C=O) groups excluding carboxylic acids is 2. The smallest absolute Gasteiger partial charge is 0.238 e. The van der Waals surface area contributed by atoms with E-state index in [0.717, 1.165) is 22.5 Å². The molecule has 2 aromatic carbocycles. The van der Waals surface area contributed by atoms with Gasteiger partial charge in [0.05, 0.1) is 5.75 Å². The van der Waals surface area contributed by atoms with Crippen molar-refractivity contribution in [2.24, 2.45) is 5.41 Å². The summed E-state index contributed by atoms with van der Waals surface area (Å²) >= 11 is 1.63. The van der Waals surface area contributed by atoms with Crippen LogP contribution >= 0.6 is 11.8 Å². The molecular weight excluding hydrogens is 356 g/mol. The number of rotatable bonds is 4. The van der Waals surface area contributed by atoms with Crippen molar-refractivity contribution in [3.63, 3.8) is 0 Å². The number of nitrogens with zero attached hydrogens (tertiary/aromatic N) is 1. The number of carbonyl (C=O) groups is 2. The Labute approximate surface area is 165 Å². The summed E-state index contributed by atoms with van der Waals surface area (Å²) in [5, 5.41) is 2.91. The van der Waals surface area contributed by atoms with Crippen LogP contribution in [0.4, 0.5) is 11.4 Å². The van der Waals surface area contributed by atoms with E-state index >= 15 is 0 Å². The van der Waals surface area contributed by atoms with Gasteiger partial charge in [-0.05, 0) is 47.7 Å². The first-order valence-electron chi connectivity index (χ1n) is 9.13. The summed E-state index contributed by atoms with van der Waals surface area (Å²) in [7, 11) is 0. The van der Waals surface area contributed by atoms with E-state index in [-0.39, 0.29) is 22.6 Å². The Morgan fingerprint density at radius 1 is 1.19 bits per heavy atom. The van der Waals surface area contributed by atoms with Crippen molar-refractivity contribution in [1.82, 2.24) is 0 Å². The van der Waals surface area contributed by atoms with Crippen LogP contribution in [0.1, 0.15) is 43.7 Å². The zero-order valence-corrected chi connectivity index (χ0v) is 17.1. The lowest BCUT2D eigenvalue weighted by Gasteiger charge is -2.25. The fourth-order valence-electron chi connectivity index (χ4n) is 3.15. The highest BCUT2D eigenvalue weighted by Crippen LogP contribution is 2.42. The highest BCUT2D eigenvalue weighted by Gasteiger charge is 2.34. The normalized spacial score (nSPS) is 17.3. The highest BCUT2D eigenvalue weighted by atomic mass is 32.2. The fraction of sp³-hybridized carbons (Fsp3) is 0.364. The van der Waals surface area contributed by atoms with Crippen LogP contribution in [0.2, 0.25) is 0 Å². The van der Waals surface area contributed by atoms with Gasteiger partial charge in [0, 0.05) is 17.8 Å². The molecule has 1 fully saturated rings. The molecule has 1 atom stereocenters. The van der Waals surface area contributed by atoms with Crippen molar-refractivity contribution in [3.05, 3.63) is 59.7 Å². The Balaban J connectivity index is 1.76. The van der Waals surface area contributed by atoms with E-state index < -0.39 is 0 Å². The summed E-state index contributed by atoms with van der Waals surface area (Å²) in [6, 6.07) is 15.8. The van der Waals surface area contributed by atoms with Crippen LogP contribution in [0.5, 0.6) is 0 Å². The van der Waals surface area contributed by atoms with E-state index in [4.69, 9.17) is 0 Å². The van der Waals surface area contributed by atoms with E-state index in [9.17, 15) is 9.59 Å². The van der Waals surface area contributed by atoms with Crippen LogP contribution in [-0.2, 0) is 9.59 Å². The van der Waals surface area contributed by atoms with E-state index in [0.29, 0.717) is 12.2 Å². The SMILES string of the molecule is Cc1cccc(N2C(=O)CS[C@H]2c2ccc(NC(=O)CC(C)(C)C)cc2)c1. The second-order valence-corrected chi connectivity index (χ2v) is 9.24. The summed E-state index contributed by atoms with van der Waals surface area (Å²) in [5.41, 5.74) is 3.86.